The summed E-state index contributed by atoms with van der Waals surface area (Å²) in [5.41, 5.74) is 0. The number of hydrogen-bond donors (Lipinski definition) is 3. The Hall–Kier alpha value is -1.39. The summed E-state index contributed by atoms with van der Waals surface area (Å²) in [7, 11) is 0. The van der Waals surface area contributed by atoms with E-state index in [1.54, 1.807) is 6.08 Å². The first-order valence-corrected chi connectivity index (χ1v) is 15.7. The molecule has 1 amide bonds. The minimum Gasteiger partial charge on any atom is -0.394 e. The zero-order chi connectivity index (χ0) is 27.2. The van der Waals surface area contributed by atoms with Crippen LogP contribution in [0.4, 0.5) is 0 Å². The summed E-state index contributed by atoms with van der Waals surface area (Å²) in [4.78, 5) is 12.1. The van der Waals surface area contributed by atoms with Crippen molar-refractivity contribution in [2.24, 2.45) is 0 Å². The molecule has 0 aromatic carbocycles. The highest BCUT2D eigenvalue weighted by atomic mass is 16.3. The standard InChI is InChI=1S/C33H61NO3/c1-3-5-7-9-11-12-13-14-15-16-17-18-19-20-21-23-24-26-28-32(36)31(30-35)34-33(37)29-27-25-22-10-8-6-4-2/h16-17,20-21,26,28,31-32,35-36H,3-15,18-19,22-25,27,29-30H2,1-2H3,(H,34,37)/b17-16+,21-20+,28-26+. The van der Waals surface area contributed by atoms with Crippen molar-refractivity contribution in [3.63, 3.8) is 0 Å². The van der Waals surface area contributed by atoms with Crippen LogP contribution in [-0.2, 0) is 4.79 Å². The lowest BCUT2D eigenvalue weighted by atomic mass is 10.1. The van der Waals surface area contributed by atoms with Crippen molar-refractivity contribution in [1.82, 2.24) is 5.32 Å². The molecule has 2 unspecified atom stereocenters. The Morgan fingerprint density at radius 3 is 1.57 bits per heavy atom. The van der Waals surface area contributed by atoms with Crippen LogP contribution in [0.15, 0.2) is 36.5 Å². The monoisotopic (exact) mass is 519 g/mol. The third kappa shape index (κ3) is 26.0. The number of aliphatic hydroxyl groups excluding tert-OH is 2. The number of nitrogens with one attached hydrogen (secondary N) is 1. The molecule has 37 heavy (non-hydrogen) atoms. The lowest BCUT2D eigenvalue weighted by molar-refractivity contribution is -0.123. The van der Waals surface area contributed by atoms with E-state index in [2.05, 4.69) is 43.5 Å². The van der Waals surface area contributed by atoms with E-state index in [0.717, 1.165) is 38.5 Å². The summed E-state index contributed by atoms with van der Waals surface area (Å²) in [5.74, 6) is -0.0881. The van der Waals surface area contributed by atoms with Crippen molar-refractivity contribution in [3.8, 4) is 0 Å². The number of hydrogen-bond acceptors (Lipinski definition) is 3. The van der Waals surface area contributed by atoms with Gasteiger partial charge in [0, 0.05) is 6.42 Å². The maximum Gasteiger partial charge on any atom is 0.220 e. The van der Waals surface area contributed by atoms with Crippen LogP contribution in [0.5, 0.6) is 0 Å². The molecule has 3 N–H and O–H groups in total. The molecular formula is C33H61NO3. The molecule has 0 bridgehead atoms. The van der Waals surface area contributed by atoms with E-state index in [-0.39, 0.29) is 12.5 Å². The van der Waals surface area contributed by atoms with Gasteiger partial charge in [0.15, 0.2) is 0 Å². The topological polar surface area (TPSA) is 69.6 Å². The molecule has 2 atom stereocenters. The molecule has 0 aromatic rings. The summed E-state index contributed by atoms with van der Waals surface area (Å²) >= 11 is 0. The summed E-state index contributed by atoms with van der Waals surface area (Å²) in [6.07, 6.45) is 36.6. The van der Waals surface area contributed by atoms with Gasteiger partial charge in [-0.3, -0.25) is 4.79 Å². The SMILES string of the molecule is CCCCCCCCCC/C=C/CC/C=C/CC/C=C/C(O)C(CO)NC(=O)CCCCCCCCC. The summed E-state index contributed by atoms with van der Waals surface area (Å²) in [6, 6.07) is -0.638. The average Bonchev–Trinajstić information content (AvgIpc) is 2.90. The lowest BCUT2D eigenvalue weighted by Gasteiger charge is -2.19. The number of allylic oxidation sites excluding steroid dienone is 5. The fourth-order valence-electron chi connectivity index (χ4n) is 4.38. The molecule has 0 rings (SSSR count). The zero-order valence-corrected chi connectivity index (χ0v) is 24.5. The first-order valence-electron chi connectivity index (χ1n) is 15.7. The van der Waals surface area contributed by atoms with E-state index in [0.29, 0.717) is 6.42 Å². The van der Waals surface area contributed by atoms with E-state index in [4.69, 9.17) is 0 Å². The van der Waals surface area contributed by atoms with Crippen LogP contribution in [0, 0.1) is 0 Å². The third-order valence-corrected chi connectivity index (χ3v) is 6.85. The van der Waals surface area contributed by atoms with Gasteiger partial charge in [0.1, 0.15) is 0 Å². The predicted octanol–water partition coefficient (Wildman–Crippen LogP) is 8.72. The van der Waals surface area contributed by atoms with Crippen molar-refractivity contribution >= 4 is 5.91 Å². The normalized spacial score (nSPS) is 13.7. The van der Waals surface area contributed by atoms with Crippen molar-refractivity contribution in [2.45, 2.75) is 161 Å². The van der Waals surface area contributed by atoms with Crippen LogP contribution in [0.2, 0.25) is 0 Å². The molecule has 0 aromatic heterocycles. The smallest absolute Gasteiger partial charge is 0.220 e. The molecule has 0 aliphatic rings. The van der Waals surface area contributed by atoms with Crippen LogP contribution < -0.4 is 5.32 Å². The maximum atomic E-state index is 12.1. The van der Waals surface area contributed by atoms with Crippen LogP contribution in [0.1, 0.15) is 149 Å². The van der Waals surface area contributed by atoms with Gasteiger partial charge in [0.2, 0.25) is 5.91 Å². The number of amides is 1. The fourth-order valence-corrected chi connectivity index (χ4v) is 4.38. The number of carbonyl (C=O) groups is 1. The zero-order valence-electron chi connectivity index (χ0n) is 24.5. The average molecular weight is 520 g/mol. The molecule has 4 nitrogen and oxygen atoms in total. The summed E-state index contributed by atoms with van der Waals surface area (Å²) in [5, 5.41) is 22.6. The number of aliphatic hydroxyl groups is 2. The van der Waals surface area contributed by atoms with Gasteiger partial charge in [-0.2, -0.15) is 0 Å². The molecule has 4 heteroatoms. The van der Waals surface area contributed by atoms with E-state index >= 15 is 0 Å². The Labute approximate surface area is 230 Å². The van der Waals surface area contributed by atoms with Gasteiger partial charge in [0.25, 0.3) is 0 Å². The van der Waals surface area contributed by atoms with Gasteiger partial charge in [0.05, 0.1) is 18.8 Å². The van der Waals surface area contributed by atoms with Crippen LogP contribution in [0.25, 0.3) is 0 Å². The Bertz CT molecular complexity index is 570. The molecule has 0 aliphatic heterocycles. The number of rotatable bonds is 27. The van der Waals surface area contributed by atoms with E-state index in [9.17, 15) is 15.0 Å². The van der Waals surface area contributed by atoms with Crippen LogP contribution in [0.3, 0.4) is 0 Å². The molecular weight excluding hydrogens is 458 g/mol. The summed E-state index contributed by atoms with van der Waals surface area (Å²) < 4.78 is 0. The minimum atomic E-state index is -0.863. The van der Waals surface area contributed by atoms with E-state index in [1.165, 1.54) is 89.9 Å². The van der Waals surface area contributed by atoms with Crippen LogP contribution in [-0.4, -0.2) is 34.9 Å². The molecule has 0 heterocycles. The molecule has 0 saturated heterocycles. The van der Waals surface area contributed by atoms with Crippen molar-refractivity contribution in [1.29, 1.82) is 0 Å². The highest BCUT2D eigenvalue weighted by Gasteiger charge is 2.17. The Balaban J connectivity index is 3.74. The van der Waals surface area contributed by atoms with E-state index in [1.807, 2.05) is 6.08 Å². The Kier molecular flexibility index (Phi) is 28.1. The first-order chi connectivity index (χ1) is 18.2. The number of carbonyl (C=O) groups excluding carboxylic acids is 1. The van der Waals surface area contributed by atoms with Gasteiger partial charge in [-0.25, -0.2) is 0 Å². The van der Waals surface area contributed by atoms with Gasteiger partial charge >= 0.3 is 0 Å². The molecule has 0 aliphatic carbocycles. The first kappa shape index (κ1) is 35.6. The van der Waals surface area contributed by atoms with E-state index < -0.39 is 12.1 Å². The van der Waals surface area contributed by atoms with Crippen molar-refractivity contribution in [3.05, 3.63) is 36.5 Å². The molecule has 0 radical (unpaired) electrons. The van der Waals surface area contributed by atoms with Crippen molar-refractivity contribution in [2.75, 3.05) is 6.61 Å². The highest BCUT2D eigenvalue weighted by molar-refractivity contribution is 5.76. The Morgan fingerprint density at radius 1 is 0.622 bits per heavy atom. The second-order valence-electron chi connectivity index (χ2n) is 10.5. The second-order valence-corrected chi connectivity index (χ2v) is 10.5. The molecule has 216 valence electrons. The summed E-state index contributed by atoms with van der Waals surface area (Å²) in [6.45, 7) is 4.22. The van der Waals surface area contributed by atoms with Gasteiger partial charge in [-0.1, -0.05) is 134 Å². The molecule has 0 fully saturated rings. The maximum absolute atomic E-state index is 12.1. The third-order valence-electron chi connectivity index (χ3n) is 6.85. The minimum absolute atomic E-state index is 0.0881. The predicted molar refractivity (Wildman–Crippen MR) is 161 cm³/mol. The van der Waals surface area contributed by atoms with Gasteiger partial charge < -0.3 is 15.5 Å². The second kappa shape index (κ2) is 29.2. The quantitative estimate of drug-likeness (QED) is 0.0750. The Morgan fingerprint density at radius 2 is 1.05 bits per heavy atom. The van der Waals surface area contributed by atoms with Gasteiger partial charge in [-0.15, -0.1) is 0 Å². The molecule has 0 spiro atoms. The fraction of sp³-hybridized carbons (Fsp3) is 0.788. The lowest BCUT2D eigenvalue weighted by Crippen LogP contribution is -2.45. The molecule has 0 saturated carbocycles. The van der Waals surface area contributed by atoms with Crippen LogP contribution >= 0.6 is 0 Å². The van der Waals surface area contributed by atoms with Crippen molar-refractivity contribution < 1.29 is 15.0 Å². The number of unbranched alkanes of at least 4 members (excludes halogenated alkanes) is 16. The largest absolute Gasteiger partial charge is 0.394 e. The highest BCUT2D eigenvalue weighted by Crippen LogP contribution is 2.11. The van der Waals surface area contributed by atoms with Gasteiger partial charge in [-0.05, 0) is 44.9 Å².